The normalized spacial score (nSPS) is 13.6. The number of carbonyl (C=O) groups excluding carboxylic acids is 1. The van der Waals surface area contributed by atoms with Gasteiger partial charge in [-0.15, -0.1) is 11.3 Å². The number of sulfonamides is 1. The molecule has 6 nitrogen and oxygen atoms in total. The summed E-state index contributed by atoms with van der Waals surface area (Å²) in [4.78, 5) is 19.3. The highest BCUT2D eigenvalue weighted by molar-refractivity contribution is 7.89. The van der Waals surface area contributed by atoms with Gasteiger partial charge in [-0.3, -0.25) is 4.79 Å². The van der Waals surface area contributed by atoms with Crippen molar-refractivity contribution in [1.82, 2.24) is 9.29 Å². The molecule has 2 aromatic carbocycles. The number of halogens is 1. The SMILES string of the molecule is CCN(CC)S(=O)(=O)c1ccc2c(c1)CCN2C(=O)c1csc(-c2ccccc2F)n1. The Morgan fingerprint density at radius 3 is 2.65 bits per heavy atom. The quantitative estimate of drug-likeness (QED) is 0.554. The summed E-state index contributed by atoms with van der Waals surface area (Å²) in [7, 11) is -3.56. The molecule has 0 N–H and O–H groups in total. The Kier molecular flexibility index (Phi) is 5.92. The van der Waals surface area contributed by atoms with Crippen LogP contribution in [-0.4, -0.2) is 43.2 Å². The van der Waals surface area contributed by atoms with Gasteiger partial charge in [-0.25, -0.2) is 17.8 Å². The summed E-state index contributed by atoms with van der Waals surface area (Å²) in [5.74, 6) is -0.666. The molecule has 162 valence electrons. The van der Waals surface area contributed by atoms with Gasteiger partial charge in [-0.05, 0) is 42.3 Å². The minimum atomic E-state index is -3.56. The van der Waals surface area contributed by atoms with Crippen molar-refractivity contribution in [3.63, 3.8) is 0 Å². The number of benzene rings is 2. The molecule has 0 fully saturated rings. The Balaban J connectivity index is 1.61. The van der Waals surface area contributed by atoms with Crippen molar-refractivity contribution >= 4 is 33.0 Å². The zero-order valence-electron chi connectivity index (χ0n) is 17.2. The summed E-state index contributed by atoms with van der Waals surface area (Å²) in [5.41, 5.74) is 2.10. The van der Waals surface area contributed by atoms with E-state index in [1.165, 1.54) is 21.7 Å². The van der Waals surface area contributed by atoms with Gasteiger partial charge in [-0.1, -0.05) is 26.0 Å². The number of anilines is 1. The van der Waals surface area contributed by atoms with Crippen LogP contribution in [0.5, 0.6) is 0 Å². The monoisotopic (exact) mass is 459 g/mol. The van der Waals surface area contributed by atoms with Crippen molar-refractivity contribution in [1.29, 1.82) is 0 Å². The Labute approximate surface area is 185 Å². The first-order valence-corrected chi connectivity index (χ1v) is 12.3. The summed E-state index contributed by atoms with van der Waals surface area (Å²) < 4.78 is 41.1. The molecule has 0 saturated heterocycles. The van der Waals surface area contributed by atoms with Crippen molar-refractivity contribution in [3.8, 4) is 10.6 Å². The summed E-state index contributed by atoms with van der Waals surface area (Å²) in [5, 5.41) is 2.07. The highest BCUT2D eigenvalue weighted by Gasteiger charge is 2.30. The largest absolute Gasteiger partial charge is 0.306 e. The Morgan fingerprint density at radius 1 is 1.19 bits per heavy atom. The molecule has 0 saturated carbocycles. The number of carbonyl (C=O) groups is 1. The number of fused-ring (bicyclic) bond motifs is 1. The fourth-order valence-corrected chi connectivity index (χ4v) is 6.06. The molecule has 0 radical (unpaired) electrons. The van der Waals surface area contributed by atoms with E-state index >= 15 is 0 Å². The number of nitrogens with zero attached hydrogens (tertiary/aromatic N) is 3. The molecule has 9 heteroatoms. The number of rotatable bonds is 6. The first kappa shape index (κ1) is 21.6. The molecule has 0 spiro atoms. The Morgan fingerprint density at radius 2 is 1.94 bits per heavy atom. The highest BCUT2D eigenvalue weighted by atomic mass is 32.2. The van der Waals surface area contributed by atoms with Gasteiger partial charge >= 0.3 is 0 Å². The second-order valence-corrected chi connectivity index (χ2v) is 9.90. The zero-order valence-corrected chi connectivity index (χ0v) is 18.8. The van der Waals surface area contributed by atoms with Crippen LogP contribution < -0.4 is 4.90 Å². The minimum absolute atomic E-state index is 0.236. The second-order valence-electron chi connectivity index (χ2n) is 7.10. The van der Waals surface area contributed by atoms with Crippen molar-refractivity contribution in [2.24, 2.45) is 0 Å². The Bertz CT molecular complexity index is 1240. The molecule has 0 atom stereocenters. The van der Waals surface area contributed by atoms with Crippen LogP contribution in [0.15, 0.2) is 52.7 Å². The lowest BCUT2D eigenvalue weighted by Crippen LogP contribution is -2.31. The number of amides is 1. The average Bonchev–Trinajstić information content (AvgIpc) is 3.41. The summed E-state index contributed by atoms with van der Waals surface area (Å²) >= 11 is 1.22. The first-order valence-electron chi connectivity index (χ1n) is 10.0. The molecule has 3 aromatic rings. The van der Waals surface area contributed by atoms with Crippen LogP contribution in [0.25, 0.3) is 10.6 Å². The predicted molar refractivity (Wildman–Crippen MR) is 119 cm³/mol. The highest BCUT2D eigenvalue weighted by Crippen LogP contribution is 2.33. The van der Waals surface area contributed by atoms with Gasteiger partial charge < -0.3 is 4.90 Å². The number of aromatic nitrogens is 1. The molecule has 1 aliphatic heterocycles. The molecular formula is C22H22FN3O3S2. The maximum atomic E-state index is 14.0. The molecule has 2 heterocycles. The van der Waals surface area contributed by atoms with E-state index in [2.05, 4.69) is 4.98 Å². The Hall–Kier alpha value is -2.62. The van der Waals surface area contributed by atoms with E-state index in [0.717, 1.165) is 5.56 Å². The van der Waals surface area contributed by atoms with E-state index in [4.69, 9.17) is 0 Å². The molecule has 1 aromatic heterocycles. The van der Waals surface area contributed by atoms with E-state index in [9.17, 15) is 17.6 Å². The lowest BCUT2D eigenvalue weighted by atomic mass is 10.2. The van der Waals surface area contributed by atoms with E-state index in [1.807, 2.05) is 0 Å². The van der Waals surface area contributed by atoms with E-state index in [1.54, 1.807) is 60.5 Å². The van der Waals surface area contributed by atoms with Gasteiger partial charge in [0.2, 0.25) is 10.0 Å². The van der Waals surface area contributed by atoms with E-state index in [0.29, 0.717) is 42.3 Å². The van der Waals surface area contributed by atoms with Gasteiger partial charge in [0.25, 0.3) is 5.91 Å². The third-order valence-electron chi connectivity index (χ3n) is 5.36. The summed E-state index contributed by atoms with van der Waals surface area (Å²) in [6.07, 6.45) is 0.562. The fraction of sp³-hybridized carbons (Fsp3) is 0.273. The molecule has 0 unspecified atom stereocenters. The average molecular weight is 460 g/mol. The lowest BCUT2D eigenvalue weighted by Gasteiger charge is -2.20. The van der Waals surface area contributed by atoms with Crippen LogP contribution in [0.4, 0.5) is 10.1 Å². The summed E-state index contributed by atoms with van der Waals surface area (Å²) in [6.45, 7) is 4.84. The molecular weight excluding hydrogens is 437 g/mol. The standard InChI is InChI=1S/C22H22FN3O3S2/c1-3-25(4-2)31(28,29)16-9-10-20-15(13-16)11-12-26(20)22(27)19-14-30-21(24-19)17-7-5-6-8-18(17)23/h5-10,13-14H,3-4,11-12H2,1-2H3. The van der Waals surface area contributed by atoms with Crippen molar-refractivity contribution < 1.29 is 17.6 Å². The van der Waals surface area contributed by atoms with Crippen molar-refractivity contribution in [3.05, 3.63) is 64.9 Å². The van der Waals surface area contributed by atoms with Crippen LogP contribution in [0.3, 0.4) is 0 Å². The van der Waals surface area contributed by atoms with E-state index < -0.39 is 10.0 Å². The van der Waals surface area contributed by atoms with Crippen LogP contribution in [0.2, 0.25) is 0 Å². The molecule has 1 aliphatic rings. The molecule has 0 bridgehead atoms. The number of hydrogen-bond donors (Lipinski definition) is 0. The second kappa shape index (κ2) is 8.49. The fourth-order valence-electron chi connectivity index (χ4n) is 3.73. The smallest absolute Gasteiger partial charge is 0.277 e. The van der Waals surface area contributed by atoms with E-state index in [-0.39, 0.29) is 22.3 Å². The first-order chi connectivity index (χ1) is 14.9. The van der Waals surface area contributed by atoms with Gasteiger partial charge in [0.05, 0.1) is 4.90 Å². The van der Waals surface area contributed by atoms with Crippen molar-refractivity contribution in [2.75, 3.05) is 24.5 Å². The third-order valence-corrected chi connectivity index (χ3v) is 8.28. The lowest BCUT2D eigenvalue weighted by molar-refractivity contribution is 0.0985. The van der Waals surface area contributed by atoms with Gasteiger partial charge in [0.15, 0.2) is 0 Å². The van der Waals surface area contributed by atoms with Crippen LogP contribution >= 0.6 is 11.3 Å². The zero-order chi connectivity index (χ0) is 22.2. The van der Waals surface area contributed by atoms with Crippen LogP contribution in [0, 0.1) is 5.82 Å². The van der Waals surface area contributed by atoms with Gasteiger partial charge in [0, 0.05) is 36.3 Å². The van der Waals surface area contributed by atoms with Gasteiger partial charge in [-0.2, -0.15) is 4.31 Å². The molecule has 4 rings (SSSR count). The number of hydrogen-bond acceptors (Lipinski definition) is 5. The van der Waals surface area contributed by atoms with Gasteiger partial charge in [0.1, 0.15) is 16.5 Å². The van der Waals surface area contributed by atoms with Crippen molar-refractivity contribution in [2.45, 2.75) is 25.2 Å². The maximum absolute atomic E-state index is 14.0. The van der Waals surface area contributed by atoms with Crippen LogP contribution in [-0.2, 0) is 16.4 Å². The predicted octanol–water partition coefficient (Wildman–Crippen LogP) is 4.18. The molecule has 1 amide bonds. The number of thiazole rings is 1. The molecule has 31 heavy (non-hydrogen) atoms. The maximum Gasteiger partial charge on any atom is 0.277 e. The topological polar surface area (TPSA) is 70.6 Å². The summed E-state index contributed by atoms with van der Waals surface area (Å²) in [6, 6.07) is 11.2. The van der Waals surface area contributed by atoms with Crippen LogP contribution in [0.1, 0.15) is 29.9 Å². The third kappa shape index (κ3) is 3.88. The minimum Gasteiger partial charge on any atom is -0.306 e. The molecule has 0 aliphatic carbocycles.